The van der Waals surface area contributed by atoms with E-state index < -0.39 is 11.6 Å². The van der Waals surface area contributed by atoms with E-state index in [0.29, 0.717) is 13.0 Å². The minimum Gasteiger partial charge on any atom is -0.350 e. The highest BCUT2D eigenvalue weighted by atomic mass is 16.2. The van der Waals surface area contributed by atoms with Crippen molar-refractivity contribution in [2.24, 2.45) is 0 Å². The molecule has 0 aliphatic carbocycles. The van der Waals surface area contributed by atoms with Crippen molar-refractivity contribution in [1.29, 1.82) is 0 Å². The number of hydrogen-bond donors (Lipinski definition) is 1. The molecule has 4 rings (SSSR count). The zero-order valence-corrected chi connectivity index (χ0v) is 24.0. The maximum Gasteiger partial charge on any atom is 0.243 e. The molecule has 0 saturated carbocycles. The van der Waals surface area contributed by atoms with Crippen molar-refractivity contribution in [3.05, 3.63) is 143 Å². The number of carbonyl (C=O) groups is 2. The topological polar surface area (TPSA) is 49.4 Å². The molecule has 0 aromatic heterocycles. The lowest BCUT2D eigenvalue weighted by molar-refractivity contribution is -0.142. The Balaban J connectivity index is 1.75. The third-order valence-electron chi connectivity index (χ3n) is 6.99. The van der Waals surface area contributed by atoms with E-state index in [-0.39, 0.29) is 24.2 Å². The lowest BCUT2D eigenvalue weighted by Gasteiger charge is -2.35. The first-order valence-corrected chi connectivity index (χ1v) is 14.0. The molecule has 2 amide bonds. The van der Waals surface area contributed by atoms with Crippen LogP contribution < -0.4 is 5.32 Å². The molecule has 0 spiro atoms. The molecule has 0 heterocycles. The van der Waals surface area contributed by atoms with Crippen LogP contribution in [0.1, 0.15) is 60.9 Å². The molecule has 206 valence electrons. The molecule has 4 nitrogen and oxygen atoms in total. The molecule has 40 heavy (non-hydrogen) atoms. The average Bonchev–Trinajstić information content (AvgIpc) is 2.94. The summed E-state index contributed by atoms with van der Waals surface area (Å²) < 4.78 is 0. The number of carbonyl (C=O) groups excluding carboxylic acids is 2. The highest BCUT2D eigenvalue weighted by Crippen LogP contribution is 2.30. The second kappa shape index (κ2) is 13.3. The predicted octanol–water partition coefficient (Wildman–Crippen LogP) is 7.07. The largest absolute Gasteiger partial charge is 0.350 e. The van der Waals surface area contributed by atoms with Crippen molar-refractivity contribution >= 4 is 11.8 Å². The summed E-state index contributed by atoms with van der Waals surface area (Å²) in [6.45, 7) is 8.31. The van der Waals surface area contributed by atoms with Gasteiger partial charge >= 0.3 is 0 Å². The van der Waals surface area contributed by atoms with Crippen molar-refractivity contribution in [1.82, 2.24) is 10.2 Å². The molecule has 4 aromatic rings. The van der Waals surface area contributed by atoms with Crippen LogP contribution >= 0.6 is 0 Å². The first-order chi connectivity index (χ1) is 19.2. The molecule has 4 aromatic carbocycles. The first kappa shape index (κ1) is 28.8. The maximum absolute atomic E-state index is 14.4. The van der Waals surface area contributed by atoms with Crippen LogP contribution in [0.2, 0.25) is 0 Å². The number of benzene rings is 4. The Morgan fingerprint density at radius 2 is 1.25 bits per heavy atom. The van der Waals surface area contributed by atoms with Gasteiger partial charge in [0.05, 0.1) is 0 Å². The van der Waals surface area contributed by atoms with Crippen molar-refractivity contribution < 1.29 is 9.59 Å². The Kier molecular flexibility index (Phi) is 9.55. The van der Waals surface area contributed by atoms with Crippen LogP contribution in [0.15, 0.2) is 115 Å². The SMILES string of the molecule is Cc1cccc(CN(C(=O)CC(c2ccccc2)c2ccccc2)[C@H](Cc2ccccc2)C(=O)NC(C)(C)C)c1. The fourth-order valence-corrected chi connectivity index (χ4v) is 5.10. The number of aryl methyl sites for hydroxylation is 1. The average molecular weight is 533 g/mol. The summed E-state index contributed by atoms with van der Waals surface area (Å²) in [5.74, 6) is -0.324. The van der Waals surface area contributed by atoms with Gasteiger partial charge in [-0.25, -0.2) is 0 Å². The van der Waals surface area contributed by atoms with Crippen LogP contribution in [-0.4, -0.2) is 28.3 Å². The van der Waals surface area contributed by atoms with Crippen molar-refractivity contribution in [2.75, 3.05) is 0 Å². The Hall–Kier alpha value is -4.18. The third kappa shape index (κ3) is 8.16. The van der Waals surface area contributed by atoms with E-state index in [4.69, 9.17) is 0 Å². The molecule has 0 aliphatic rings. The minimum absolute atomic E-state index is 0.0517. The molecule has 0 saturated heterocycles. The number of hydrogen-bond acceptors (Lipinski definition) is 2. The lowest BCUT2D eigenvalue weighted by atomic mass is 9.87. The van der Waals surface area contributed by atoms with E-state index in [9.17, 15) is 9.59 Å². The van der Waals surface area contributed by atoms with E-state index in [0.717, 1.165) is 27.8 Å². The Morgan fingerprint density at radius 3 is 1.77 bits per heavy atom. The van der Waals surface area contributed by atoms with Crippen molar-refractivity contribution in [3.63, 3.8) is 0 Å². The first-order valence-electron chi connectivity index (χ1n) is 14.0. The fraction of sp³-hybridized carbons (Fsp3) is 0.278. The maximum atomic E-state index is 14.4. The summed E-state index contributed by atoms with van der Waals surface area (Å²) in [6, 6.07) is 37.8. The Morgan fingerprint density at radius 1 is 0.725 bits per heavy atom. The molecule has 0 aliphatic heterocycles. The molecule has 0 fully saturated rings. The number of amides is 2. The normalized spacial score (nSPS) is 12.1. The van der Waals surface area contributed by atoms with Gasteiger partial charge in [-0.2, -0.15) is 0 Å². The van der Waals surface area contributed by atoms with Crippen LogP contribution in [-0.2, 0) is 22.6 Å². The summed E-state index contributed by atoms with van der Waals surface area (Å²) in [7, 11) is 0. The Labute approximate surface area is 239 Å². The van der Waals surface area contributed by atoms with E-state index >= 15 is 0 Å². The fourth-order valence-electron chi connectivity index (χ4n) is 5.10. The minimum atomic E-state index is -0.665. The van der Waals surface area contributed by atoms with E-state index in [2.05, 4.69) is 35.6 Å². The van der Waals surface area contributed by atoms with Crippen molar-refractivity contribution in [2.45, 2.75) is 64.6 Å². The zero-order chi connectivity index (χ0) is 28.5. The molecular formula is C36H40N2O2. The monoisotopic (exact) mass is 532 g/mol. The van der Waals surface area contributed by atoms with Gasteiger partial charge in [-0.3, -0.25) is 9.59 Å². The van der Waals surface area contributed by atoms with Gasteiger partial charge in [0.2, 0.25) is 11.8 Å². The van der Waals surface area contributed by atoms with Gasteiger partial charge in [-0.05, 0) is 49.9 Å². The summed E-state index contributed by atoms with van der Waals surface area (Å²) in [5.41, 5.74) is 4.87. The van der Waals surface area contributed by atoms with Crippen molar-refractivity contribution in [3.8, 4) is 0 Å². The molecule has 0 radical (unpaired) electrons. The van der Waals surface area contributed by atoms with Gasteiger partial charge in [0.25, 0.3) is 0 Å². The lowest BCUT2D eigenvalue weighted by Crippen LogP contribution is -2.54. The summed E-state index contributed by atoms with van der Waals surface area (Å²) in [5, 5.41) is 3.16. The van der Waals surface area contributed by atoms with E-state index in [1.807, 2.05) is 113 Å². The van der Waals surface area contributed by atoms with Gasteiger partial charge in [0.15, 0.2) is 0 Å². The summed E-state index contributed by atoms with van der Waals surface area (Å²) >= 11 is 0. The van der Waals surface area contributed by atoms with Crippen LogP contribution in [0.4, 0.5) is 0 Å². The van der Waals surface area contributed by atoms with Crippen LogP contribution in [0.25, 0.3) is 0 Å². The van der Waals surface area contributed by atoms with Gasteiger partial charge < -0.3 is 10.2 Å². The molecular weight excluding hydrogens is 492 g/mol. The second-order valence-electron chi connectivity index (χ2n) is 11.5. The predicted molar refractivity (Wildman–Crippen MR) is 163 cm³/mol. The molecule has 0 unspecified atom stereocenters. The summed E-state index contributed by atoms with van der Waals surface area (Å²) in [4.78, 5) is 30.1. The van der Waals surface area contributed by atoms with Crippen LogP contribution in [0, 0.1) is 6.92 Å². The van der Waals surface area contributed by atoms with Crippen LogP contribution in [0.3, 0.4) is 0 Å². The van der Waals surface area contributed by atoms with E-state index in [1.54, 1.807) is 4.90 Å². The van der Waals surface area contributed by atoms with Crippen LogP contribution in [0.5, 0.6) is 0 Å². The van der Waals surface area contributed by atoms with Gasteiger partial charge in [-0.15, -0.1) is 0 Å². The quantitative estimate of drug-likeness (QED) is 0.237. The van der Waals surface area contributed by atoms with Gasteiger partial charge in [-0.1, -0.05) is 121 Å². The standard InChI is InChI=1S/C36H40N2O2/c1-27-15-14-18-29(23-27)26-38(33(35(40)37-36(2,3)4)24-28-16-8-5-9-17-28)34(39)25-32(30-19-10-6-11-20-30)31-21-12-7-13-22-31/h5-23,32-33H,24-26H2,1-4H3,(H,37,40)/t33-/m1/s1. The summed E-state index contributed by atoms with van der Waals surface area (Å²) in [6.07, 6.45) is 0.690. The van der Waals surface area contributed by atoms with E-state index in [1.165, 1.54) is 0 Å². The molecule has 1 atom stereocenters. The smallest absolute Gasteiger partial charge is 0.243 e. The number of rotatable bonds is 10. The molecule has 4 heteroatoms. The second-order valence-corrected chi connectivity index (χ2v) is 11.5. The van der Waals surface area contributed by atoms with Gasteiger partial charge in [0.1, 0.15) is 6.04 Å². The van der Waals surface area contributed by atoms with Gasteiger partial charge in [0, 0.05) is 30.8 Å². The molecule has 1 N–H and O–H groups in total. The Bertz CT molecular complexity index is 1340. The number of nitrogens with one attached hydrogen (secondary N) is 1. The third-order valence-corrected chi connectivity index (χ3v) is 6.99. The zero-order valence-electron chi connectivity index (χ0n) is 24.0. The highest BCUT2D eigenvalue weighted by molar-refractivity contribution is 5.89. The number of nitrogens with zero attached hydrogens (tertiary/aromatic N) is 1. The highest BCUT2D eigenvalue weighted by Gasteiger charge is 2.33. The molecule has 0 bridgehead atoms.